The van der Waals surface area contributed by atoms with E-state index in [1.54, 1.807) is 12.1 Å². The Balaban J connectivity index is 1.22. The normalized spacial score (nSPS) is 20.2. The molecule has 1 N–H and O–H groups in total. The number of carboxylic acid groups (broad SMARTS) is 1. The number of rotatable bonds is 8. The van der Waals surface area contributed by atoms with Gasteiger partial charge in [-0.15, -0.1) is 0 Å². The smallest absolute Gasteiger partial charge is 0.306 e. The van der Waals surface area contributed by atoms with E-state index < -0.39 is 5.97 Å². The van der Waals surface area contributed by atoms with E-state index in [0.717, 1.165) is 24.0 Å². The average molecular weight is 455 g/mol. The van der Waals surface area contributed by atoms with E-state index in [9.17, 15) is 9.59 Å². The van der Waals surface area contributed by atoms with Gasteiger partial charge in [0.05, 0.1) is 29.0 Å². The molecule has 0 atom stereocenters. The third kappa shape index (κ3) is 4.38. The third-order valence-corrected chi connectivity index (χ3v) is 6.42. The molecule has 0 radical (unpaired) electrons. The van der Waals surface area contributed by atoms with Gasteiger partial charge in [-0.3, -0.25) is 9.59 Å². The molecule has 2 aliphatic carbocycles. The minimum absolute atomic E-state index is 0.00468. The van der Waals surface area contributed by atoms with Crippen LogP contribution in [-0.4, -0.2) is 30.4 Å². The van der Waals surface area contributed by atoms with Crippen LogP contribution in [0.4, 0.5) is 0 Å². The summed E-state index contributed by atoms with van der Waals surface area (Å²) in [5.74, 6) is 0.595. The molecular weight excluding hydrogens is 432 g/mol. The van der Waals surface area contributed by atoms with Crippen molar-refractivity contribution in [1.29, 1.82) is 0 Å². The summed E-state index contributed by atoms with van der Waals surface area (Å²) in [6, 6.07) is 12.6. The number of benzene rings is 2. The molecule has 0 unspecified atom stereocenters. The van der Waals surface area contributed by atoms with E-state index in [-0.39, 0.29) is 17.5 Å². The lowest BCUT2D eigenvalue weighted by Gasteiger charge is -2.31. The first-order valence-electron chi connectivity index (χ1n) is 10.8. The predicted octanol–water partition coefficient (Wildman–Crippen LogP) is 5.25. The highest BCUT2D eigenvalue weighted by molar-refractivity contribution is 6.34. The fourth-order valence-electron chi connectivity index (χ4n) is 4.03. The maximum absolute atomic E-state index is 12.7. The largest absolute Gasteiger partial charge is 0.491 e. The summed E-state index contributed by atoms with van der Waals surface area (Å²) in [6.07, 6.45) is 3.40. The van der Waals surface area contributed by atoms with Crippen molar-refractivity contribution in [3.8, 4) is 17.1 Å². The summed E-state index contributed by atoms with van der Waals surface area (Å²) in [5.41, 5.74) is 2.16. The van der Waals surface area contributed by atoms with Crippen LogP contribution >= 0.6 is 11.6 Å². The number of fused-ring (bicyclic) bond motifs is 1. The zero-order valence-electron chi connectivity index (χ0n) is 17.4. The predicted molar refractivity (Wildman–Crippen MR) is 120 cm³/mol. The highest BCUT2D eigenvalue weighted by Crippen LogP contribution is 2.42. The van der Waals surface area contributed by atoms with Crippen LogP contribution in [0.2, 0.25) is 5.02 Å². The molecule has 0 bridgehead atoms. The van der Waals surface area contributed by atoms with Crippen molar-refractivity contribution in [3.05, 3.63) is 63.3 Å². The summed E-state index contributed by atoms with van der Waals surface area (Å²) in [4.78, 5) is 23.5. The number of hydrogen-bond acceptors (Lipinski definition) is 5. The van der Waals surface area contributed by atoms with Crippen molar-refractivity contribution in [2.24, 2.45) is 5.92 Å². The lowest BCUT2D eigenvalue weighted by molar-refractivity contribution is -0.151. The lowest BCUT2D eigenvalue weighted by atomic mass is 9.82. The first-order valence-corrected chi connectivity index (χ1v) is 11.2. The molecule has 32 heavy (non-hydrogen) atoms. The van der Waals surface area contributed by atoms with Gasteiger partial charge in [-0.2, -0.15) is 0 Å². The van der Waals surface area contributed by atoms with E-state index >= 15 is 0 Å². The second-order valence-corrected chi connectivity index (χ2v) is 8.91. The summed E-state index contributed by atoms with van der Waals surface area (Å²) < 4.78 is 17.3. The quantitative estimate of drug-likeness (QED) is 0.468. The zero-order valence-corrected chi connectivity index (χ0v) is 18.1. The molecule has 0 aliphatic heterocycles. The van der Waals surface area contributed by atoms with Crippen molar-refractivity contribution in [1.82, 2.24) is 0 Å². The van der Waals surface area contributed by atoms with Gasteiger partial charge in [-0.05, 0) is 73.6 Å². The Morgan fingerprint density at radius 2 is 1.84 bits per heavy atom. The highest BCUT2D eigenvalue weighted by Gasteiger charge is 2.35. The summed E-state index contributed by atoms with van der Waals surface area (Å²) >= 11 is 6.43. The van der Waals surface area contributed by atoms with E-state index in [4.69, 9.17) is 30.6 Å². The molecule has 0 spiro atoms. The minimum Gasteiger partial charge on any atom is -0.491 e. The molecule has 5 rings (SSSR count). The Bertz CT molecular complexity index is 1210. The van der Waals surface area contributed by atoms with Gasteiger partial charge in [-0.25, -0.2) is 0 Å². The fourth-order valence-corrected chi connectivity index (χ4v) is 4.29. The van der Waals surface area contributed by atoms with Crippen LogP contribution in [0.3, 0.4) is 0 Å². The number of halogens is 1. The van der Waals surface area contributed by atoms with E-state index in [1.807, 2.05) is 24.3 Å². The Kier molecular flexibility index (Phi) is 5.66. The molecule has 6 nitrogen and oxygen atoms in total. The minimum atomic E-state index is -0.756. The number of carboxylic acids is 1. The molecular formula is C25H23ClO6. The van der Waals surface area contributed by atoms with Gasteiger partial charge >= 0.3 is 5.97 Å². The molecule has 2 saturated carbocycles. The number of carbonyl (C=O) groups is 1. The molecule has 166 valence electrons. The maximum atomic E-state index is 12.7. The zero-order chi connectivity index (χ0) is 22.2. The van der Waals surface area contributed by atoms with Gasteiger partial charge in [0.1, 0.15) is 18.1 Å². The molecule has 1 heterocycles. The van der Waals surface area contributed by atoms with E-state index in [0.29, 0.717) is 59.5 Å². The van der Waals surface area contributed by atoms with Gasteiger partial charge in [-0.1, -0.05) is 11.6 Å². The lowest BCUT2D eigenvalue weighted by Crippen LogP contribution is -2.36. The molecule has 2 aliphatic rings. The first kappa shape index (κ1) is 21.0. The Morgan fingerprint density at radius 1 is 1.09 bits per heavy atom. The molecule has 2 aromatic carbocycles. The summed E-state index contributed by atoms with van der Waals surface area (Å²) in [6.45, 7) is 0.775. The number of ether oxygens (including phenoxy) is 2. The highest BCUT2D eigenvalue weighted by atomic mass is 35.5. The van der Waals surface area contributed by atoms with Gasteiger partial charge in [0.2, 0.25) is 0 Å². The van der Waals surface area contributed by atoms with Crippen LogP contribution < -0.4 is 10.2 Å². The topological polar surface area (TPSA) is 86.0 Å². The Labute approximate surface area is 189 Å². The van der Waals surface area contributed by atoms with E-state index in [2.05, 4.69) is 0 Å². The van der Waals surface area contributed by atoms with Crippen LogP contribution in [0.1, 0.15) is 37.2 Å². The first-order chi connectivity index (χ1) is 15.5. The number of hydrogen-bond donors (Lipinski definition) is 1. The monoisotopic (exact) mass is 454 g/mol. The van der Waals surface area contributed by atoms with Crippen LogP contribution in [0.15, 0.2) is 51.7 Å². The van der Waals surface area contributed by atoms with Gasteiger partial charge in [0.15, 0.2) is 11.0 Å². The van der Waals surface area contributed by atoms with Crippen molar-refractivity contribution >= 4 is 28.5 Å². The molecule has 7 heteroatoms. The van der Waals surface area contributed by atoms with Gasteiger partial charge in [0, 0.05) is 11.6 Å². The van der Waals surface area contributed by atoms with Crippen LogP contribution in [-0.2, 0) is 9.53 Å². The summed E-state index contributed by atoms with van der Waals surface area (Å²) in [7, 11) is 0. The van der Waals surface area contributed by atoms with Crippen molar-refractivity contribution in [2.75, 3.05) is 13.2 Å². The molecule has 3 aromatic rings. The van der Waals surface area contributed by atoms with Crippen molar-refractivity contribution in [3.63, 3.8) is 0 Å². The third-order valence-electron chi connectivity index (χ3n) is 6.14. The molecule has 1 aromatic heterocycles. The average Bonchev–Trinajstić information content (AvgIpc) is 3.58. The Hall–Kier alpha value is -2.83. The van der Waals surface area contributed by atoms with Crippen molar-refractivity contribution < 1.29 is 23.8 Å². The molecule has 2 fully saturated rings. The SMILES string of the molecule is O=C(O)C1CC(OCCOc2ccc(-c3cc(=O)c4cc(C5CC5)cc(Cl)c4o3)cc2)C1. The fraction of sp³-hybridized carbons (Fsp3) is 0.360. The van der Waals surface area contributed by atoms with Crippen molar-refractivity contribution in [2.45, 2.75) is 37.7 Å². The van der Waals surface area contributed by atoms with Gasteiger partial charge < -0.3 is 19.0 Å². The maximum Gasteiger partial charge on any atom is 0.306 e. The summed E-state index contributed by atoms with van der Waals surface area (Å²) in [5, 5.41) is 9.86. The molecule has 0 saturated heterocycles. The molecule has 0 amide bonds. The van der Waals surface area contributed by atoms with Crippen LogP contribution in [0.5, 0.6) is 5.75 Å². The van der Waals surface area contributed by atoms with Crippen LogP contribution in [0, 0.1) is 5.92 Å². The Morgan fingerprint density at radius 3 is 2.53 bits per heavy atom. The van der Waals surface area contributed by atoms with Gasteiger partial charge in [0.25, 0.3) is 0 Å². The second kappa shape index (κ2) is 8.60. The van der Waals surface area contributed by atoms with Crippen LogP contribution in [0.25, 0.3) is 22.3 Å². The standard InChI is InChI=1S/C25H23ClO6/c26-21-12-16(14-1-2-14)11-20-22(27)13-23(32-24(20)21)15-3-5-18(6-4-15)30-7-8-31-19-9-17(10-19)25(28)29/h3-6,11-14,17,19H,1-2,7-10H2,(H,28,29). The number of aliphatic carboxylic acids is 1. The van der Waals surface area contributed by atoms with E-state index in [1.165, 1.54) is 6.07 Å². The second-order valence-electron chi connectivity index (χ2n) is 8.50.